The maximum atomic E-state index is 12.4. The minimum absolute atomic E-state index is 0.0838. The van der Waals surface area contributed by atoms with E-state index in [0.717, 1.165) is 5.56 Å². The summed E-state index contributed by atoms with van der Waals surface area (Å²) in [5, 5.41) is -0.537. The Morgan fingerprint density at radius 1 is 1.00 bits per heavy atom. The summed E-state index contributed by atoms with van der Waals surface area (Å²) in [5.41, 5.74) is 1.72. The van der Waals surface area contributed by atoms with Crippen molar-refractivity contribution in [3.8, 4) is 0 Å². The molecule has 0 aliphatic carbocycles. The molecule has 2 aromatic rings. The van der Waals surface area contributed by atoms with Crippen molar-refractivity contribution in [2.24, 2.45) is 0 Å². The maximum absolute atomic E-state index is 12.4. The highest BCUT2D eigenvalue weighted by Gasteiger charge is 2.22. The van der Waals surface area contributed by atoms with Gasteiger partial charge in [0.1, 0.15) is 0 Å². The normalized spacial score (nSPS) is 13.8. The van der Waals surface area contributed by atoms with Crippen molar-refractivity contribution in [1.29, 1.82) is 0 Å². The molecule has 0 aliphatic rings. The van der Waals surface area contributed by atoms with Crippen LogP contribution in [0, 0.1) is 6.92 Å². The Morgan fingerprint density at radius 3 is 2.16 bits per heavy atom. The summed E-state index contributed by atoms with van der Waals surface area (Å²) in [5.74, 6) is -0.0838. The molecule has 98 valence electrons. The highest BCUT2D eigenvalue weighted by atomic mass is 32.2. The van der Waals surface area contributed by atoms with Gasteiger partial charge in [0.25, 0.3) is 0 Å². The van der Waals surface area contributed by atoms with Crippen LogP contribution in [-0.2, 0) is 10.8 Å². The van der Waals surface area contributed by atoms with E-state index in [2.05, 4.69) is 0 Å². The van der Waals surface area contributed by atoms with Crippen LogP contribution >= 0.6 is 0 Å². The summed E-state index contributed by atoms with van der Waals surface area (Å²) >= 11 is 0. The van der Waals surface area contributed by atoms with Gasteiger partial charge >= 0.3 is 0 Å². The Morgan fingerprint density at radius 2 is 1.58 bits per heavy atom. The molecule has 0 fully saturated rings. The van der Waals surface area contributed by atoms with Crippen molar-refractivity contribution < 1.29 is 9.00 Å². The third-order valence-corrected chi connectivity index (χ3v) is 4.60. The average Bonchev–Trinajstić information content (AvgIpc) is 2.46. The van der Waals surface area contributed by atoms with Gasteiger partial charge in [-0.05, 0) is 26.0 Å². The van der Waals surface area contributed by atoms with Crippen LogP contribution in [0.4, 0.5) is 0 Å². The van der Waals surface area contributed by atoms with Crippen LogP contribution in [0.5, 0.6) is 0 Å². The first-order valence-electron chi connectivity index (χ1n) is 6.16. The molecule has 0 saturated carbocycles. The Bertz CT molecular complexity index is 588. The van der Waals surface area contributed by atoms with Crippen molar-refractivity contribution in [2.45, 2.75) is 24.0 Å². The van der Waals surface area contributed by atoms with Gasteiger partial charge in [0.2, 0.25) is 0 Å². The van der Waals surface area contributed by atoms with E-state index in [-0.39, 0.29) is 5.78 Å². The zero-order valence-electron chi connectivity index (χ0n) is 11.0. The molecule has 0 radical (unpaired) electrons. The first-order valence-corrected chi connectivity index (χ1v) is 7.37. The van der Waals surface area contributed by atoms with Crippen LogP contribution in [0.2, 0.25) is 0 Å². The smallest absolute Gasteiger partial charge is 0.178 e. The number of aryl methyl sites for hydroxylation is 1. The van der Waals surface area contributed by atoms with Gasteiger partial charge in [-0.25, -0.2) is 0 Å². The van der Waals surface area contributed by atoms with Gasteiger partial charge in [0.15, 0.2) is 5.78 Å². The van der Waals surface area contributed by atoms with Crippen LogP contribution in [0.15, 0.2) is 59.5 Å². The minimum atomic E-state index is -1.32. The first kappa shape index (κ1) is 13.7. The van der Waals surface area contributed by atoms with Crippen molar-refractivity contribution in [3.63, 3.8) is 0 Å². The van der Waals surface area contributed by atoms with E-state index in [9.17, 15) is 9.00 Å². The SMILES string of the molecule is Cc1ccc([S@](=O)C(C)C(=O)c2ccccc2)cc1. The summed E-state index contributed by atoms with van der Waals surface area (Å²) in [6.07, 6.45) is 0. The lowest BCUT2D eigenvalue weighted by Gasteiger charge is -2.10. The van der Waals surface area contributed by atoms with Crippen LogP contribution in [0.25, 0.3) is 0 Å². The molecular weight excluding hydrogens is 256 g/mol. The molecular formula is C16H16O2S. The van der Waals surface area contributed by atoms with E-state index in [1.165, 1.54) is 0 Å². The molecule has 2 atom stereocenters. The number of hydrogen-bond donors (Lipinski definition) is 0. The fourth-order valence-corrected chi connectivity index (χ4v) is 2.95. The number of hydrogen-bond acceptors (Lipinski definition) is 2. The second kappa shape index (κ2) is 5.93. The molecule has 2 rings (SSSR count). The molecule has 2 nitrogen and oxygen atoms in total. The Balaban J connectivity index is 2.20. The predicted octanol–water partition coefficient (Wildman–Crippen LogP) is 3.37. The number of carbonyl (C=O) groups excluding carboxylic acids is 1. The molecule has 0 bridgehead atoms. The molecule has 19 heavy (non-hydrogen) atoms. The summed E-state index contributed by atoms with van der Waals surface area (Å²) in [7, 11) is -1.32. The molecule has 0 spiro atoms. The lowest BCUT2D eigenvalue weighted by Crippen LogP contribution is -2.22. The monoisotopic (exact) mass is 272 g/mol. The number of Topliss-reactive ketones (excluding diaryl/α,β-unsaturated/α-hetero) is 1. The topological polar surface area (TPSA) is 34.1 Å². The van der Waals surface area contributed by atoms with E-state index in [1.807, 2.05) is 49.4 Å². The molecule has 0 amide bonds. The van der Waals surface area contributed by atoms with E-state index < -0.39 is 16.0 Å². The summed E-state index contributed by atoms with van der Waals surface area (Å²) < 4.78 is 12.4. The molecule has 0 heterocycles. The molecule has 1 unspecified atom stereocenters. The second-order valence-corrected chi connectivity index (χ2v) is 6.26. The predicted molar refractivity (Wildman–Crippen MR) is 77.8 cm³/mol. The third-order valence-electron chi connectivity index (χ3n) is 3.00. The van der Waals surface area contributed by atoms with Crippen molar-refractivity contribution in [2.75, 3.05) is 0 Å². The fourth-order valence-electron chi connectivity index (χ4n) is 1.81. The third kappa shape index (κ3) is 3.18. The van der Waals surface area contributed by atoms with Gasteiger partial charge in [-0.15, -0.1) is 0 Å². The highest BCUT2D eigenvalue weighted by Crippen LogP contribution is 2.16. The largest absolute Gasteiger partial charge is 0.293 e. The van der Waals surface area contributed by atoms with E-state index >= 15 is 0 Å². The van der Waals surface area contributed by atoms with Crippen LogP contribution in [0.1, 0.15) is 22.8 Å². The standard InChI is InChI=1S/C16H16O2S/c1-12-8-10-15(11-9-12)19(18)13(2)16(17)14-6-4-3-5-7-14/h3-11,13H,1-2H3/t13?,19-/m1/s1. The van der Waals surface area contributed by atoms with Crippen LogP contribution in [-0.4, -0.2) is 15.2 Å². The van der Waals surface area contributed by atoms with Gasteiger partial charge in [-0.1, -0.05) is 48.0 Å². The van der Waals surface area contributed by atoms with Gasteiger partial charge in [0.05, 0.1) is 16.0 Å². The second-order valence-electron chi connectivity index (χ2n) is 4.48. The van der Waals surface area contributed by atoms with Crippen molar-refractivity contribution in [1.82, 2.24) is 0 Å². The zero-order valence-corrected chi connectivity index (χ0v) is 11.8. The summed E-state index contributed by atoms with van der Waals surface area (Å²) in [4.78, 5) is 12.9. The molecule has 0 aliphatic heterocycles. The molecule has 0 aromatic heterocycles. The lowest BCUT2D eigenvalue weighted by molar-refractivity contribution is 0.0992. The average molecular weight is 272 g/mol. The van der Waals surface area contributed by atoms with Crippen LogP contribution < -0.4 is 0 Å². The minimum Gasteiger partial charge on any atom is -0.293 e. The van der Waals surface area contributed by atoms with Gasteiger partial charge in [-0.2, -0.15) is 0 Å². The van der Waals surface area contributed by atoms with Gasteiger partial charge < -0.3 is 0 Å². The zero-order chi connectivity index (χ0) is 13.8. The number of rotatable bonds is 4. The molecule has 2 aromatic carbocycles. The van der Waals surface area contributed by atoms with Crippen molar-refractivity contribution in [3.05, 3.63) is 65.7 Å². The number of ketones is 1. The van der Waals surface area contributed by atoms with E-state index in [4.69, 9.17) is 0 Å². The fraction of sp³-hybridized carbons (Fsp3) is 0.188. The Hall–Kier alpha value is -1.74. The van der Waals surface area contributed by atoms with Crippen LogP contribution in [0.3, 0.4) is 0 Å². The van der Waals surface area contributed by atoms with Crippen molar-refractivity contribution >= 4 is 16.6 Å². The maximum Gasteiger partial charge on any atom is 0.178 e. The molecule has 0 N–H and O–H groups in total. The summed E-state index contributed by atoms with van der Waals surface area (Å²) in [6, 6.07) is 16.5. The quantitative estimate of drug-likeness (QED) is 0.800. The van der Waals surface area contributed by atoms with E-state index in [1.54, 1.807) is 19.1 Å². The lowest BCUT2D eigenvalue weighted by atomic mass is 10.1. The molecule has 3 heteroatoms. The number of carbonyl (C=O) groups is 1. The van der Waals surface area contributed by atoms with Gasteiger partial charge in [0, 0.05) is 10.5 Å². The van der Waals surface area contributed by atoms with E-state index in [0.29, 0.717) is 10.5 Å². The number of benzene rings is 2. The Labute approximate surface area is 115 Å². The highest BCUT2D eigenvalue weighted by molar-refractivity contribution is 7.86. The first-order chi connectivity index (χ1) is 9.09. The summed E-state index contributed by atoms with van der Waals surface area (Å²) in [6.45, 7) is 3.69. The van der Waals surface area contributed by atoms with Gasteiger partial charge in [-0.3, -0.25) is 9.00 Å². The molecule has 0 saturated heterocycles. The Kier molecular flexibility index (Phi) is 4.27.